The van der Waals surface area contributed by atoms with Crippen molar-refractivity contribution in [2.75, 3.05) is 6.61 Å². The minimum Gasteiger partial charge on any atom is -0.481 e. The predicted molar refractivity (Wildman–Crippen MR) is 28.0 cm³/mol. The van der Waals surface area contributed by atoms with E-state index in [4.69, 9.17) is 10.00 Å². The SMILES string of the molecule is O=C(O)CCO[P+](=O)O. The Morgan fingerprint density at radius 2 is 2.22 bits per heavy atom. The molecular formula is C3H6O5P+. The van der Waals surface area contributed by atoms with E-state index in [-0.39, 0.29) is 13.0 Å². The first-order chi connectivity index (χ1) is 4.13. The van der Waals surface area contributed by atoms with Crippen molar-refractivity contribution in [1.82, 2.24) is 0 Å². The molecule has 6 heteroatoms. The Labute approximate surface area is 52.2 Å². The zero-order valence-electron chi connectivity index (χ0n) is 4.48. The predicted octanol–water partition coefficient (Wildman–Crippen LogP) is 0.127. The number of carboxylic acids is 1. The molecule has 0 fully saturated rings. The summed E-state index contributed by atoms with van der Waals surface area (Å²) >= 11 is 0. The Hall–Kier alpha value is -0.510. The average molecular weight is 153 g/mol. The highest BCUT2D eigenvalue weighted by Crippen LogP contribution is 2.13. The lowest BCUT2D eigenvalue weighted by molar-refractivity contribution is -0.137. The highest BCUT2D eigenvalue weighted by atomic mass is 31.1. The second-order valence-electron chi connectivity index (χ2n) is 1.21. The number of hydrogen-bond acceptors (Lipinski definition) is 3. The van der Waals surface area contributed by atoms with E-state index in [1.165, 1.54) is 0 Å². The molecule has 0 rings (SSSR count). The first-order valence-corrected chi connectivity index (χ1v) is 3.27. The molecule has 0 saturated carbocycles. The molecule has 9 heavy (non-hydrogen) atoms. The minimum atomic E-state index is -2.64. The summed E-state index contributed by atoms with van der Waals surface area (Å²) in [6.07, 6.45) is -0.248. The lowest BCUT2D eigenvalue weighted by atomic mass is 10.5. The monoisotopic (exact) mass is 153 g/mol. The van der Waals surface area contributed by atoms with Crippen LogP contribution in [0.1, 0.15) is 6.42 Å². The van der Waals surface area contributed by atoms with Crippen molar-refractivity contribution in [3.63, 3.8) is 0 Å². The normalized spacial score (nSPS) is 11.0. The van der Waals surface area contributed by atoms with Gasteiger partial charge in [-0.15, -0.1) is 9.42 Å². The van der Waals surface area contributed by atoms with Gasteiger partial charge in [-0.1, -0.05) is 0 Å². The van der Waals surface area contributed by atoms with Crippen molar-refractivity contribution < 1.29 is 23.9 Å². The van der Waals surface area contributed by atoms with Gasteiger partial charge in [0.2, 0.25) is 0 Å². The van der Waals surface area contributed by atoms with E-state index in [1.54, 1.807) is 0 Å². The van der Waals surface area contributed by atoms with Gasteiger partial charge in [-0.25, -0.2) is 0 Å². The molecule has 0 aliphatic heterocycles. The van der Waals surface area contributed by atoms with Gasteiger partial charge in [0.1, 0.15) is 6.61 Å². The number of carbonyl (C=O) groups is 1. The van der Waals surface area contributed by atoms with Gasteiger partial charge in [0.25, 0.3) is 0 Å². The molecule has 0 aromatic heterocycles. The van der Waals surface area contributed by atoms with E-state index in [0.29, 0.717) is 0 Å². The highest BCUT2D eigenvalue weighted by Gasteiger charge is 2.11. The molecule has 0 radical (unpaired) electrons. The maximum absolute atomic E-state index is 9.72. The fourth-order valence-corrected chi connectivity index (χ4v) is 0.459. The molecule has 0 bridgehead atoms. The summed E-state index contributed by atoms with van der Waals surface area (Å²) in [7, 11) is -2.64. The molecule has 52 valence electrons. The van der Waals surface area contributed by atoms with Gasteiger partial charge in [0.15, 0.2) is 0 Å². The maximum Gasteiger partial charge on any atom is 0.694 e. The Morgan fingerprint density at radius 1 is 1.67 bits per heavy atom. The maximum atomic E-state index is 9.72. The number of aliphatic carboxylic acids is 1. The van der Waals surface area contributed by atoms with Crippen LogP contribution in [0.5, 0.6) is 0 Å². The zero-order chi connectivity index (χ0) is 7.28. The lowest BCUT2D eigenvalue weighted by Gasteiger charge is -1.82. The summed E-state index contributed by atoms with van der Waals surface area (Å²) < 4.78 is 13.8. The van der Waals surface area contributed by atoms with E-state index >= 15 is 0 Å². The quantitative estimate of drug-likeness (QED) is 0.560. The molecule has 2 N–H and O–H groups in total. The summed E-state index contributed by atoms with van der Waals surface area (Å²) in [5, 5.41) is 7.97. The molecule has 0 heterocycles. The van der Waals surface area contributed by atoms with Crippen LogP contribution < -0.4 is 0 Å². The molecule has 1 atom stereocenters. The van der Waals surface area contributed by atoms with Crippen LogP contribution >= 0.6 is 8.25 Å². The van der Waals surface area contributed by atoms with Crippen LogP contribution in [0.15, 0.2) is 0 Å². The molecule has 1 unspecified atom stereocenters. The van der Waals surface area contributed by atoms with Gasteiger partial charge in [0.05, 0.1) is 6.42 Å². The van der Waals surface area contributed by atoms with Gasteiger partial charge in [-0.3, -0.25) is 4.79 Å². The summed E-state index contributed by atoms with van der Waals surface area (Å²) in [4.78, 5) is 17.7. The fraction of sp³-hybridized carbons (Fsp3) is 0.667. The standard InChI is InChI=1S/C3H5O5P/c4-3(5)1-2-8-9(6)7/h1-2H2,(H-,4,5,6,7)/p+1. The van der Waals surface area contributed by atoms with E-state index in [0.717, 1.165) is 0 Å². The summed E-state index contributed by atoms with van der Waals surface area (Å²) in [6, 6.07) is 0. The van der Waals surface area contributed by atoms with E-state index < -0.39 is 14.2 Å². The Balaban J connectivity index is 3.10. The molecule has 0 aromatic rings. The van der Waals surface area contributed by atoms with Gasteiger partial charge in [-0.05, 0) is 0 Å². The second-order valence-corrected chi connectivity index (χ2v) is 1.95. The van der Waals surface area contributed by atoms with Crippen molar-refractivity contribution in [2.24, 2.45) is 0 Å². The van der Waals surface area contributed by atoms with E-state index in [1.807, 2.05) is 0 Å². The molecule has 5 nitrogen and oxygen atoms in total. The van der Waals surface area contributed by atoms with Crippen LogP contribution in [-0.4, -0.2) is 22.6 Å². The molecular weight excluding hydrogens is 147 g/mol. The van der Waals surface area contributed by atoms with Crippen LogP contribution in [0, 0.1) is 0 Å². The first kappa shape index (κ1) is 8.49. The largest absolute Gasteiger partial charge is 0.694 e. The van der Waals surface area contributed by atoms with Crippen LogP contribution in [0.2, 0.25) is 0 Å². The number of hydrogen-bond donors (Lipinski definition) is 2. The Bertz CT molecular complexity index is 107. The van der Waals surface area contributed by atoms with E-state index in [2.05, 4.69) is 4.52 Å². The Kier molecular flexibility index (Phi) is 4.13. The lowest BCUT2D eigenvalue weighted by Crippen LogP contribution is -1.98. The third-order valence-electron chi connectivity index (χ3n) is 0.518. The summed E-state index contributed by atoms with van der Waals surface area (Å²) in [5.41, 5.74) is 0. The van der Waals surface area contributed by atoms with Crippen LogP contribution in [0.25, 0.3) is 0 Å². The summed E-state index contributed by atoms with van der Waals surface area (Å²) in [5.74, 6) is -1.05. The van der Waals surface area contributed by atoms with Crippen LogP contribution in [0.4, 0.5) is 0 Å². The zero-order valence-corrected chi connectivity index (χ0v) is 5.38. The van der Waals surface area contributed by atoms with E-state index in [9.17, 15) is 9.36 Å². The van der Waals surface area contributed by atoms with Crippen molar-refractivity contribution in [3.05, 3.63) is 0 Å². The van der Waals surface area contributed by atoms with Crippen molar-refractivity contribution in [3.8, 4) is 0 Å². The molecule has 0 saturated heterocycles. The molecule has 0 spiro atoms. The van der Waals surface area contributed by atoms with Gasteiger partial charge < -0.3 is 5.11 Å². The number of rotatable bonds is 4. The smallest absolute Gasteiger partial charge is 0.481 e. The van der Waals surface area contributed by atoms with Crippen molar-refractivity contribution in [2.45, 2.75) is 6.42 Å². The third-order valence-corrected chi connectivity index (χ3v) is 0.921. The average Bonchev–Trinajstić information content (AvgIpc) is 1.63. The third kappa shape index (κ3) is 7.49. The van der Waals surface area contributed by atoms with Crippen LogP contribution in [0.3, 0.4) is 0 Å². The second kappa shape index (κ2) is 4.38. The molecule has 0 aliphatic carbocycles. The number of carboxylic acid groups (broad SMARTS) is 1. The minimum absolute atomic E-state index is 0.221. The first-order valence-electron chi connectivity index (χ1n) is 2.14. The molecule has 0 aliphatic rings. The Morgan fingerprint density at radius 3 is 2.56 bits per heavy atom. The highest BCUT2D eigenvalue weighted by molar-refractivity contribution is 7.32. The molecule has 0 amide bonds. The fourth-order valence-electron chi connectivity index (χ4n) is 0.211. The van der Waals surface area contributed by atoms with Crippen LogP contribution in [-0.2, 0) is 13.9 Å². The summed E-state index contributed by atoms with van der Waals surface area (Å²) in [6.45, 7) is -0.221. The van der Waals surface area contributed by atoms with Gasteiger partial charge in [0, 0.05) is 4.57 Å². The van der Waals surface area contributed by atoms with Crippen molar-refractivity contribution in [1.29, 1.82) is 0 Å². The van der Waals surface area contributed by atoms with Crippen molar-refractivity contribution >= 4 is 14.2 Å². The topological polar surface area (TPSA) is 83.8 Å². The van der Waals surface area contributed by atoms with Gasteiger partial charge in [-0.2, -0.15) is 0 Å². The molecule has 0 aromatic carbocycles. The van der Waals surface area contributed by atoms with Gasteiger partial charge >= 0.3 is 14.2 Å².